The van der Waals surface area contributed by atoms with Gasteiger partial charge in [-0.3, -0.25) is 9.59 Å². The van der Waals surface area contributed by atoms with Gasteiger partial charge in [0.1, 0.15) is 11.5 Å². The molecule has 6 heteroatoms. The zero-order valence-corrected chi connectivity index (χ0v) is 15.5. The van der Waals surface area contributed by atoms with E-state index < -0.39 is 11.8 Å². The molecule has 0 radical (unpaired) electrons. The van der Waals surface area contributed by atoms with Gasteiger partial charge in [-0.2, -0.15) is 5.10 Å². The third kappa shape index (κ3) is 5.17. The molecule has 0 aliphatic heterocycles. The van der Waals surface area contributed by atoms with Crippen molar-refractivity contribution < 1.29 is 14.0 Å². The lowest BCUT2D eigenvalue weighted by Gasteiger charge is -2.17. The number of furan rings is 1. The summed E-state index contributed by atoms with van der Waals surface area (Å²) in [7, 11) is 0. The van der Waals surface area contributed by atoms with Crippen molar-refractivity contribution in [3.8, 4) is 0 Å². The highest BCUT2D eigenvalue weighted by Gasteiger charge is 2.22. The molecule has 2 N–H and O–H groups in total. The third-order valence-corrected chi connectivity index (χ3v) is 4.09. The van der Waals surface area contributed by atoms with Crippen molar-refractivity contribution in [2.75, 3.05) is 6.54 Å². The molecular formula is C22H21N3O3. The van der Waals surface area contributed by atoms with Crippen LogP contribution < -0.4 is 10.7 Å². The molecule has 6 nitrogen and oxygen atoms in total. The quantitative estimate of drug-likeness (QED) is 0.492. The van der Waals surface area contributed by atoms with Gasteiger partial charge in [0.15, 0.2) is 0 Å². The fourth-order valence-electron chi connectivity index (χ4n) is 2.79. The van der Waals surface area contributed by atoms with E-state index in [0.717, 1.165) is 16.9 Å². The molecule has 142 valence electrons. The maximum absolute atomic E-state index is 12.8. The van der Waals surface area contributed by atoms with E-state index in [0.29, 0.717) is 5.76 Å². The molecular weight excluding hydrogens is 354 g/mol. The minimum atomic E-state index is -0.496. The second kappa shape index (κ2) is 9.32. The molecule has 0 saturated heterocycles. The molecule has 0 atom stereocenters. The molecule has 0 spiro atoms. The number of amides is 2. The highest BCUT2D eigenvalue weighted by molar-refractivity contribution is 5.91. The van der Waals surface area contributed by atoms with E-state index >= 15 is 0 Å². The van der Waals surface area contributed by atoms with Gasteiger partial charge in [0, 0.05) is 0 Å². The first-order valence-corrected chi connectivity index (χ1v) is 8.89. The Labute approximate surface area is 163 Å². The van der Waals surface area contributed by atoms with Crippen LogP contribution in [-0.4, -0.2) is 24.6 Å². The lowest BCUT2D eigenvalue weighted by atomic mass is 9.90. The van der Waals surface area contributed by atoms with Gasteiger partial charge < -0.3 is 9.73 Å². The minimum Gasteiger partial charge on any atom is -0.460 e. The summed E-state index contributed by atoms with van der Waals surface area (Å²) < 4.78 is 5.32. The Hall–Kier alpha value is -3.67. The number of hydrogen-bond donors (Lipinski definition) is 2. The Morgan fingerprint density at radius 1 is 0.964 bits per heavy atom. The summed E-state index contributed by atoms with van der Waals surface area (Å²) in [6, 6.07) is 22.5. The molecule has 0 bridgehead atoms. The molecule has 1 heterocycles. The summed E-state index contributed by atoms with van der Waals surface area (Å²) in [5.41, 5.74) is 4.09. The maximum atomic E-state index is 12.8. The number of benzene rings is 2. The zero-order chi connectivity index (χ0) is 19.8. The molecule has 3 rings (SSSR count). The molecule has 0 aliphatic rings. The van der Waals surface area contributed by atoms with Crippen LogP contribution in [-0.2, 0) is 9.59 Å². The Morgan fingerprint density at radius 2 is 1.57 bits per heavy atom. The van der Waals surface area contributed by atoms with Crippen LogP contribution in [0.25, 0.3) is 0 Å². The van der Waals surface area contributed by atoms with Crippen LogP contribution in [0.5, 0.6) is 0 Å². The van der Waals surface area contributed by atoms with Crippen LogP contribution >= 0.6 is 0 Å². The van der Waals surface area contributed by atoms with E-state index in [4.69, 9.17) is 4.42 Å². The minimum absolute atomic E-state index is 0.177. The van der Waals surface area contributed by atoms with Crippen LogP contribution in [0.2, 0.25) is 0 Å². The Kier molecular flexibility index (Phi) is 6.36. The van der Waals surface area contributed by atoms with Gasteiger partial charge in [0.2, 0.25) is 5.91 Å². The van der Waals surface area contributed by atoms with Crippen LogP contribution in [0.3, 0.4) is 0 Å². The average molecular weight is 375 g/mol. The predicted molar refractivity (Wildman–Crippen MR) is 107 cm³/mol. The van der Waals surface area contributed by atoms with Crippen molar-refractivity contribution in [1.82, 2.24) is 10.7 Å². The van der Waals surface area contributed by atoms with Crippen LogP contribution in [0.1, 0.15) is 28.6 Å². The molecule has 28 heavy (non-hydrogen) atoms. The highest BCUT2D eigenvalue weighted by atomic mass is 16.3. The summed E-state index contributed by atoms with van der Waals surface area (Å²) in [4.78, 5) is 24.8. The van der Waals surface area contributed by atoms with Crippen molar-refractivity contribution in [2.45, 2.75) is 12.8 Å². The smallest absolute Gasteiger partial charge is 0.259 e. The van der Waals surface area contributed by atoms with E-state index in [9.17, 15) is 9.59 Å². The van der Waals surface area contributed by atoms with E-state index in [1.54, 1.807) is 12.1 Å². The zero-order valence-electron chi connectivity index (χ0n) is 15.5. The number of carbonyl (C=O) groups is 2. The van der Waals surface area contributed by atoms with Gasteiger partial charge >= 0.3 is 0 Å². The van der Waals surface area contributed by atoms with Crippen LogP contribution in [0, 0.1) is 6.92 Å². The van der Waals surface area contributed by atoms with Gasteiger partial charge in [-0.1, -0.05) is 60.7 Å². The average Bonchev–Trinajstić information content (AvgIpc) is 3.13. The molecule has 0 saturated carbocycles. The van der Waals surface area contributed by atoms with E-state index in [1.807, 2.05) is 67.6 Å². The van der Waals surface area contributed by atoms with Gasteiger partial charge in [-0.15, -0.1) is 0 Å². The molecule has 2 aromatic carbocycles. The molecule has 0 unspecified atom stereocenters. The first kappa shape index (κ1) is 19.1. The van der Waals surface area contributed by atoms with Crippen LogP contribution in [0.15, 0.2) is 82.3 Å². The molecule has 3 aromatic rings. The van der Waals surface area contributed by atoms with Crippen molar-refractivity contribution in [3.05, 3.63) is 95.4 Å². The maximum Gasteiger partial charge on any atom is 0.259 e. The van der Waals surface area contributed by atoms with Gasteiger partial charge in [-0.05, 0) is 30.2 Å². The summed E-state index contributed by atoms with van der Waals surface area (Å²) in [5, 5.41) is 6.51. The number of aryl methyl sites for hydroxylation is 1. The standard InChI is InChI=1S/C22H21N3O3/c1-16-12-13-19(28-16)14-24-25-20(26)15-23-22(27)21(17-8-4-2-5-9-17)18-10-6-3-7-11-18/h2-14,21H,15H2,1H3,(H,23,27)(H,25,26)/b24-14-. The second-order valence-corrected chi connectivity index (χ2v) is 6.21. The number of hydrazone groups is 1. The Morgan fingerprint density at radius 3 is 2.11 bits per heavy atom. The van der Waals surface area contributed by atoms with Crippen molar-refractivity contribution in [3.63, 3.8) is 0 Å². The summed E-state index contributed by atoms with van der Waals surface area (Å²) in [6.07, 6.45) is 1.41. The summed E-state index contributed by atoms with van der Waals surface area (Å²) in [6.45, 7) is 1.64. The molecule has 2 amide bonds. The number of carbonyl (C=O) groups excluding carboxylic acids is 2. The topological polar surface area (TPSA) is 83.7 Å². The number of nitrogens with zero attached hydrogens (tertiary/aromatic N) is 1. The Bertz CT molecular complexity index is 910. The van der Waals surface area contributed by atoms with Crippen LogP contribution in [0.4, 0.5) is 0 Å². The fraction of sp³-hybridized carbons (Fsp3) is 0.136. The first-order valence-electron chi connectivity index (χ1n) is 8.89. The van der Waals surface area contributed by atoms with E-state index in [2.05, 4.69) is 15.8 Å². The highest BCUT2D eigenvalue weighted by Crippen LogP contribution is 2.24. The summed E-state index contributed by atoms with van der Waals surface area (Å²) in [5.74, 6) is 0.124. The van der Waals surface area contributed by atoms with Crippen molar-refractivity contribution >= 4 is 18.0 Å². The van der Waals surface area contributed by atoms with Gasteiger partial charge in [0.25, 0.3) is 5.91 Å². The predicted octanol–water partition coefficient (Wildman–Crippen LogP) is 2.99. The lowest BCUT2D eigenvalue weighted by molar-refractivity contribution is -0.126. The second-order valence-electron chi connectivity index (χ2n) is 6.21. The third-order valence-electron chi connectivity index (χ3n) is 4.09. The van der Waals surface area contributed by atoms with Crippen molar-refractivity contribution in [2.24, 2.45) is 5.10 Å². The normalized spacial score (nSPS) is 10.9. The van der Waals surface area contributed by atoms with Crippen molar-refractivity contribution in [1.29, 1.82) is 0 Å². The fourth-order valence-corrected chi connectivity index (χ4v) is 2.79. The van der Waals surface area contributed by atoms with E-state index in [-0.39, 0.29) is 12.5 Å². The molecule has 0 aliphatic carbocycles. The van der Waals surface area contributed by atoms with E-state index in [1.165, 1.54) is 6.21 Å². The Balaban J connectivity index is 1.61. The number of hydrogen-bond acceptors (Lipinski definition) is 4. The molecule has 0 fully saturated rings. The molecule has 1 aromatic heterocycles. The largest absolute Gasteiger partial charge is 0.460 e. The number of nitrogens with one attached hydrogen (secondary N) is 2. The monoisotopic (exact) mass is 375 g/mol. The number of rotatable bonds is 7. The lowest BCUT2D eigenvalue weighted by Crippen LogP contribution is -2.37. The first-order chi connectivity index (χ1) is 13.6. The SMILES string of the molecule is Cc1ccc(/C=N\NC(=O)CNC(=O)C(c2ccccc2)c2ccccc2)o1. The van der Waals surface area contributed by atoms with Gasteiger partial charge in [-0.25, -0.2) is 5.43 Å². The van der Waals surface area contributed by atoms with Gasteiger partial charge in [0.05, 0.1) is 18.7 Å². The summed E-state index contributed by atoms with van der Waals surface area (Å²) >= 11 is 0.